The topological polar surface area (TPSA) is 123 Å². The fraction of sp³-hybridized carbons (Fsp3) is 0.467. The molecule has 2 aromatic rings. The predicted octanol–water partition coefficient (Wildman–Crippen LogP) is 0.999. The molecule has 0 fully saturated rings. The molecule has 0 saturated carbocycles. The molecule has 0 bridgehead atoms. The molecule has 0 unspecified atom stereocenters. The largest absolute Gasteiger partial charge is 0.454 e. The lowest BCUT2D eigenvalue weighted by Gasteiger charge is -2.27. The molecule has 0 spiro atoms. The van der Waals surface area contributed by atoms with E-state index in [0.717, 1.165) is 10.4 Å². The lowest BCUT2D eigenvalue weighted by Crippen LogP contribution is -2.50. The second-order valence-electron chi connectivity index (χ2n) is 5.83. The van der Waals surface area contributed by atoms with Gasteiger partial charge in [-0.2, -0.15) is 21.4 Å². The SMILES string of the molecule is CC(C)[C@@](C)(C#N)NC(=O)COC(=O)Cn1nnc(-c2ccsc2)n1. The van der Waals surface area contributed by atoms with Crippen LogP contribution in [-0.4, -0.2) is 44.2 Å². The third kappa shape index (κ3) is 4.84. The van der Waals surface area contributed by atoms with Crippen LogP contribution in [0.3, 0.4) is 0 Å². The Morgan fingerprint density at radius 2 is 2.28 bits per heavy atom. The number of hydrogen-bond acceptors (Lipinski definition) is 8. The molecule has 0 radical (unpaired) electrons. The fourth-order valence-corrected chi connectivity index (χ4v) is 2.39. The van der Waals surface area contributed by atoms with E-state index in [2.05, 4.69) is 20.7 Å². The molecule has 1 amide bonds. The van der Waals surface area contributed by atoms with Crippen LogP contribution in [0.5, 0.6) is 0 Å². The Morgan fingerprint density at radius 3 is 2.88 bits per heavy atom. The molecule has 9 nitrogen and oxygen atoms in total. The number of rotatable bonds is 7. The molecular formula is C15H18N6O3S. The standard InChI is InChI=1S/C15H18N6O3S/c1-10(2)15(3,9-16)17-12(22)7-24-13(23)6-21-19-14(18-20-21)11-4-5-25-8-11/h4-5,8,10H,6-7H2,1-3H3,(H,17,22)/t15-/m1/s1. The van der Waals surface area contributed by atoms with Gasteiger partial charge >= 0.3 is 5.97 Å². The number of esters is 1. The minimum atomic E-state index is -1.02. The summed E-state index contributed by atoms with van der Waals surface area (Å²) in [5.41, 5.74) is -0.208. The van der Waals surface area contributed by atoms with Gasteiger partial charge in [0.25, 0.3) is 5.91 Å². The second kappa shape index (κ2) is 7.85. The van der Waals surface area contributed by atoms with Crippen LogP contribution in [0.4, 0.5) is 0 Å². The summed E-state index contributed by atoms with van der Waals surface area (Å²) >= 11 is 1.50. The first-order valence-electron chi connectivity index (χ1n) is 7.52. The highest BCUT2D eigenvalue weighted by atomic mass is 32.1. The first-order chi connectivity index (χ1) is 11.8. The Kier molecular flexibility index (Phi) is 5.82. The number of carbonyl (C=O) groups excluding carboxylic acids is 2. The Labute approximate surface area is 148 Å². The average molecular weight is 362 g/mol. The van der Waals surface area contributed by atoms with E-state index in [1.54, 1.807) is 6.92 Å². The molecule has 2 rings (SSSR count). The number of hydrogen-bond donors (Lipinski definition) is 1. The van der Waals surface area contributed by atoms with Gasteiger partial charge in [0.15, 0.2) is 13.2 Å². The molecule has 2 aromatic heterocycles. The molecule has 0 saturated heterocycles. The molecule has 0 aromatic carbocycles. The van der Waals surface area contributed by atoms with Gasteiger partial charge in [0, 0.05) is 10.9 Å². The summed E-state index contributed by atoms with van der Waals surface area (Å²) in [7, 11) is 0. The van der Waals surface area contributed by atoms with Crippen LogP contribution in [0.2, 0.25) is 0 Å². The summed E-state index contributed by atoms with van der Waals surface area (Å²) in [5.74, 6) is -0.898. The summed E-state index contributed by atoms with van der Waals surface area (Å²) in [5, 5.41) is 27.2. The summed E-state index contributed by atoms with van der Waals surface area (Å²) in [6.45, 7) is 4.51. The van der Waals surface area contributed by atoms with E-state index >= 15 is 0 Å². The van der Waals surface area contributed by atoms with Crippen molar-refractivity contribution in [2.75, 3.05) is 6.61 Å². The average Bonchev–Trinajstić information content (AvgIpc) is 3.23. The summed E-state index contributed by atoms with van der Waals surface area (Å²) < 4.78 is 4.89. The molecule has 0 aliphatic carbocycles. The van der Waals surface area contributed by atoms with Gasteiger partial charge < -0.3 is 10.1 Å². The lowest BCUT2D eigenvalue weighted by atomic mass is 9.90. The van der Waals surface area contributed by atoms with Gasteiger partial charge in [-0.3, -0.25) is 4.79 Å². The summed E-state index contributed by atoms with van der Waals surface area (Å²) in [4.78, 5) is 24.7. The fourth-order valence-electron chi connectivity index (χ4n) is 1.75. The Bertz CT molecular complexity index is 780. The van der Waals surface area contributed by atoms with Crippen LogP contribution in [0.1, 0.15) is 20.8 Å². The maximum atomic E-state index is 11.8. The zero-order chi connectivity index (χ0) is 18.4. The summed E-state index contributed by atoms with van der Waals surface area (Å²) in [6, 6.07) is 3.89. The lowest BCUT2D eigenvalue weighted by molar-refractivity contribution is -0.150. The van der Waals surface area contributed by atoms with Gasteiger partial charge in [0.2, 0.25) is 5.82 Å². The second-order valence-corrected chi connectivity index (χ2v) is 6.61. The van der Waals surface area contributed by atoms with Crippen molar-refractivity contribution in [1.82, 2.24) is 25.5 Å². The number of aromatic nitrogens is 4. The number of thiophene rings is 1. The van der Waals surface area contributed by atoms with Crippen molar-refractivity contribution in [3.63, 3.8) is 0 Å². The molecule has 132 valence electrons. The smallest absolute Gasteiger partial charge is 0.330 e. The molecule has 2 heterocycles. The van der Waals surface area contributed by atoms with Crippen molar-refractivity contribution in [2.24, 2.45) is 5.92 Å². The first kappa shape index (κ1) is 18.5. The molecule has 1 N–H and O–H groups in total. The highest BCUT2D eigenvalue weighted by Gasteiger charge is 2.30. The van der Waals surface area contributed by atoms with Gasteiger partial charge in [0.1, 0.15) is 5.54 Å². The molecule has 0 aliphatic heterocycles. The number of nitriles is 1. The van der Waals surface area contributed by atoms with Crippen molar-refractivity contribution in [1.29, 1.82) is 5.26 Å². The molecule has 10 heteroatoms. The van der Waals surface area contributed by atoms with E-state index in [1.807, 2.05) is 36.7 Å². The number of nitrogens with zero attached hydrogens (tertiary/aromatic N) is 5. The van der Waals surface area contributed by atoms with E-state index in [-0.39, 0.29) is 12.5 Å². The van der Waals surface area contributed by atoms with Gasteiger partial charge in [-0.05, 0) is 29.5 Å². The number of carbonyl (C=O) groups is 2. The van der Waals surface area contributed by atoms with Crippen molar-refractivity contribution >= 4 is 23.2 Å². The highest BCUT2D eigenvalue weighted by molar-refractivity contribution is 7.08. The van der Waals surface area contributed by atoms with Gasteiger partial charge in [-0.1, -0.05) is 13.8 Å². The van der Waals surface area contributed by atoms with Crippen molar-refractivity contribution in [3.05, 3.63) is 16.8 Å². The zero-order valence-corrected chi connectivity index (χ0v) is 14.9. The zero-order valence-electron chi connectivity index (χ0n) is 14.1. The molecule has 1 atom stereocenters. The number of amides is 1. The van der Waals surface area contributed by atoms with Crippen LogP contribution in [-0.2, 0) is 20.9 Å². The van der Waals surface area contributed by atoms with E-state index in [9.17, 15) is 9.59 Å². The Balaban J connectivity index is 1.83. The van der Waals surface area contributed by atoms with E-state index in [4.69, 9.17) is 10.00 Å². The van der Waals surface area contributed by atoms with E-state index < -0.39 is 24.0 Å². The van der Waals surface area contributed by atoms with Gasteiger partial charge in [0.05, 0.1) is 6.07 Å². The monoisotopic (exact) mass is 362 g/mol. The van der Waals surface area contributed by atoms with E-state index in [1.165, 1.54) is 11.3 Å². The molecule has 0 aliphatic rings. The minimum Gasteiger partial charge on any atom is -0.454 e. The van der Waals surface area contributed by atoms with Crippen LogP contribution < -0.4 is 5.32 Å². The third-order valence-corrected chi connectivity index (χ3v) is 4.34. The number of tetrazole rings is 1. The Hall–Kier alpha value is -2.80. The van der Waals surface area contributed by atoms with Gasteiger partial charge in [-0.15, -0.1) is 10.2 Å². The summed E-state index contributed by atoms with van der Waals surface area (Å²) in [6.07, 6.45) is 0. The molecular weight excluding hydrogens is 344 g/mol. The van der Waals surface area contributed by atoms with Crippen molar-refractivity contribution in [3.8, 4) is 17.5 Å². The third-order valence-electron chi connectivity index (χ3n) is 3.65. The number of nitrogens with one attached hydrogen (secondary N) is 1. The van der Waals surface area contributed by atoms with Crippen LogP contribution in [0.15, 0.2) is 16.8 Å². The minimum absolute atomic E-state index is 0.0907. The highest BCUT2D eigenvalue weighted by Crippen LogP contribution is 2.16. The van der Waals surface area contributed by atoms with Gasteiger partial charge in [-0.25, -0.2) is 4.79 Å². The van der Waals surface area contributed by atoms with E-state index in [0.29, 0.717) is 5.82 Å². The van der Waals surface area contributed by atoms with Crippen LogP contribution in [0.25, 0.3) is 11.4 Å². The first-order valence-corrected chi connectivity index (χ1v) is 8.46. The van der Waals surface area contributed by atoms with Crippen molar-refractivity contribution < 1.29 is 14.3 Å². The van der Waals surface area contributed by atoms with Crippen LogP contribution >= 0.6 is 11.3 Å². The van der Waals surface area contributed by atoms with Crippen molar-refractivity contribution in [2.45, 2.75) is 32.9 Å². The maximum Gasteiger partial charge on any atom is 0.330 e. The number of ether oxygens (including phenoxy) is 1. The van der Waals surface area contributed by atoms with Crippen LogP contribution in [0, 0.1) is 17.2 Å². The molecule has 25 heavy (non-hydrogen) atoms. The predicted molar refractivity (Wildman–Crippen MR) is 89.1 cm³/mol. The maximum absolute atomic E-state index is 11.8. The normalized spacial score (nSPS) is 13.1. The quantitative estimate of drug-likeness (QED) is 0.729. The Morgan fingerprint density at radius 1 is 1.52 bits per heavy atom.